The van der Waals surface area contributed by atoms with Crippen LogP contribution >= 0.6 is 0 Å². The summed E-state index contributed by atoms with van der Waals surface area (Å²) >= 11 is 0. The van der Waals surface area contributed by atoms with Crippen molar-refractivity contribution in [2.75, 3.05) is 18.4 Å². The lowest BCUT2D eigenvalue weighted by Crippen LogP contribution is -2.13. The van der Waals surface area contributed by atoms with Gasteiger partial charge in [0.05, 0.1) is 0 Å². The molecule has 0 unspecified atom stereocenters. The van der Waals surface area contributed by atoms with Crippen molar-refractivity contribution >= 4 is 11.5 Å². The Balaban J connectivity index is 2.33. The third-order valence-corrected chi connectivity index (χ3v) is 3.03. The Morgan fingerprint density at radius 2 is 2.24 bits per heavy atom. The average Bonchev–Trinajstić information content (AvgIpc) is 2.49. The van der Waals surface area contributed by atoms with Crippen LogP contribution in [0.4, 0.5) is 5.82 Å². The smallest absolute Gasteiger partial charge is 0.135 e. The molecule has 2 heterocycles. The quantitative estimate of drug-likeness (QED) is 0.868. The first kappa shape index (κ1) is 12.1. The molecule has 0 amide bonds. The van der Waals surface area contributed by atoms with Crippen LogP contribution < -0.4 is 5.32 Å². The minimum Gasteiger partial charge on any atom is -0.369 e. The molecule has 0 bridgehead atoms. The fourth-order valence-corrected chi connectivity index (χ4v) is 2.14. The summed E-state index contributed by atoms with van der Waals surface area (Å²) in [7, 11) is 0. The van der Waals surface area contributed by atoms with E-state index >= 15 is 0 Å². The molecule has 0 fully saturated rings. The van der Waals surface area contributed by atoms with Crippen LogP contribution in [0.25, 0.3) is 0 Å². The van der Waals surface area contributed by atoms with Crippen LogP contribution in [0, 0.1) is 5.92 Å². The van der Waals surface area contributed by atoms with Gasteiger partial charge in [-0.15, -0.1) is 0 Å². The van der Waals surface area contributed by atoms with Crippen LogP contribution in [-0.4, -0.2) is 23.8 Å². The molecule has 0 saturated carbocycles. The molecule has 17 heavy (non-hydrogen) atoms. The van der Waals surface area contributed by atoms with E-state index < -0.39 is 0 Å². The van der Waals surface area contributed by atoms with Crippen molar-refractivity contribution in [2.45, 2.75) is 33.6 Å². The Kier molecular flexibility index (Phi) is 3.77. The van der Waals surface area contributed by atoms with Crippen LogP contribution in [0.3, 0.4) is 0 Å². The summed E-state index contributed by atoms with van der Waals surface area (Å²) in [6, 6.07) is 2.13. The Morgan fingerprint density at radius 3 is 3.00 bits per heavy atom. The molecule has 1 N–H and O–H groups in total. The molecule has 0 aromatic carbocycles. The van der Waals surface area contributed by atoms with Gasteiger partial charge in [0.2, 0.25) is 0 Å². The Bertz CT molecular complexity index is 421. The second-order valence-corrected chi connectivity index (χ2v) is 5.04. The van der Waals surface area contributed by atoms with Crippen LogP contribution in [0.2, 0.25) is 0 Å². The summed E-state index contributed by atoms with van der Waals surface area (Å²) in [5.74, 6) is 1.62. The summed E-state index contributed by atoms with van der Waals surface area (Å²) in [4.78, 5) is 9.05. The largest absolute Gasteiger partial charge is 0.369 e. The van der Waals surface area contributed by atoms with E-state index in [1.54, 1.807) is 0 Å². The maximum Gasteiger partial charge on any atom is 0.135 e. The Morgan fingerprint density at radius 1 is 1.41 bits per heavy atom. The third kappa shape index (κ3) is 2.84. The highest BCUT2D eigenvalue weighted by Gasteiger charge is 2.14. The molecule has 0 atom stereocenters. The van der Waals surface area contributed by atoms with Gasteiger partial charge in [-0.1, -0.05) is 13.8 Å². The van der Waals surface area contributed by atoms with Gasteiger partial charge in [-0.3, -0.25) is 4.99 Å². The van der Waals surface area contributed by atoms with Gasteiger partial charge >= 0.3 is 0 Å². The van der Waals surface area contributed by atoms with E-state index in [-0.39, 0.29) is 0 Å². The molecule has 1 aromatic heterocycles. The predicted molar refractivity (Wildman–Crippen MR) is 73.0 cm³/mol. The molecule has 1 aromatic rings. The standard InChI is InChI=1S/C14H21N3/c1-10(2)9-17-14-13-11(3)15-7-4-5-12(13)6-8-16-14/h6,8,10H,4-5,7,9H2,1-3H3,(H,16,17). The van der Waals surface area contributed by atoms with Crippen molar-refractivity contribution in [1.29, 1.82) is 0 Å². The van der Waals surface area contributed by atoms with Crippen molar-refractivity contribution in [3.05, 3.63) is 23.4 Å². The molecule has 0 radical (unpaired) electrons. The number of nitrogens with one attached hydrogen (secondary N) is 1. The van der Waals surface area contributed by atoms with E-state index in [4.69, 9.17) is 0 Å². The van der Waals surface area contributed by atoms with Gasteiger partial charge in [-0.05, 0) is 37.3 Å². The fraction of sp³-hybridized carbons (Fsp3) is 0.571. The van der Waals surface area contributed by atoms with Gasteiger partial charge in [0.15, 0.2) is 0 Å². The maximum atomic E-state index is 4.59. The molecular formula is C14H21N3. The van der Waals surface area contributed by atoms with E-state index in [1.165, 1.54) is 11.1 Å². The normalized spacial score (nSPS) is 15.2. The van der Waals surface area contributed by atoms with Crippen molar-refractivity contribution in [3.63, 3.8) is 0 Å². The van der Waals surface area contributed by atoms with Gasteiger partial charge in [-0.25, -0.2) is 4.98 Å². The number of pyridine rings is 1. The lowest BCUT2D eigenvalue weighted by Gasteiger charge is -2.14. The highest BCUT2D eigenvalue weighted by atomic mass is 15.0. The van der Waals surface area contributed by atoms with Crippen molar-refractivity contribution in [2.24, 2.45) is 10.9 Å². The van der Waals surface area contributed by atoms with E-state index in [1.807, 2.05) is 6.20 Å². The number of hydrogen-bond acceptors (Lipinski definition) is 3. The van der Waals surface area contributed by atoms with Gasteiger partial charge < -0.3 is 5.32 Å². The van der Waals surface area contributed by atoms with Crippen LogP contribution in [-0.2, 0) is 6.42 Å². The van der Waals surface area contributed by atoms with Gasteiger partial charge in [0, 0.05) is 30.6 Å². The van der Waals surface area contributed by atoms with E-state index in [0.29, 0.717) is 5.92 Å². The van der Waals surface area contributed by atoms with E-state index in [0.717, 1.165) is 37.5 Å². The third-order valence-electron chi connectivity index (χ3n) is 3.03. The summed E-state index contributed by atoms with van der Waals surface area (Å²) in [6.07, 6.45) is 4.15. The Hall–Kier alpha value is -1.38. The zero-order chi connectivity index (χ0) is 12.3. The number of fused-ring (bicyclic) bond motifs is 1. The molecule has 0 saturated heterocycles. The summed E-state index contributed by atoms with van der Waals surface area (Å²) in [6.45, 7) is 8.39. The van der Waals surface area contributed by atoms with Crippen molar-refractivity contribution < 1.29 is 0 Å². The summed E-state index contributed by atoms with van der Waals surface area (Å²) in [5.41, 5.74) is 3.73. The Labute approximate surface area is 103 Å². The number of aromatic nitrogens is 1. The molecular weight excluding hydrogens is 210 g/mol. The molecule has 2 rings (SSSR count). The first-order valence-electron chi connectivity index (χ1n) is 6.41. The van der Waals surface area contributed by atoms with E-state index in [9.17, 15) is 0 Å². The maximum absolute atomic E-state index is 4.59. The fourth-order valence-electron chi connectivity index (χ4n) is 2.14. The van der Waals surface area contributed by atoms with Gasteiger partial charge in [0.1, 0.15) is 5.82 Å². The highest BCUT2D eigenvalue weighted by molar-refractivity contribution is 6.04. The molecule has 1 aliphatic heterocycles. The zero-order valence-electron chi connectivity index (χ0n) is 11.0. The lowest BCUT2D eigenvalue weighted by molar-refractivity contribution is 0.686. The van der Waals surface area contributed by atoms with Crippen molar-refractivity contribution in [1.82, 2.24) is 4.98 Å². The lowest BCUT2D eigenvalue weighted by atomic mass is 10.0. The first-order valence-corrected chi connectivity index (χ1v) is 6.41. The minimum absolute atomic E-state index is 0.621. The molecule has 1 aliphatic rings. The molecule has 0 spiro atoms. The van der Waals surface area contributed by atoms with Crippen molar-refractivity contribution in [3.8, 4) is 0 Å². The average molecular weight is 231 g/mol. The number of hydrogen-bond donors (Lipinski definition) is 1. The minimum atomic E-state index is 0.621. The summed E-state index contributed by atoms with van der Waals surface area (Å²) < 4.78 is 0. The predicted octanol–water partition coefficient (Wildman–Crippen LogP) is 2.90. The molecule has 3 nitrogen and oxygen atoms in total. The first-order chi connectivity index (χ1) is 8.18. The van der Waals surface area contributed by atoms with E-state index in [2.05, 4.69) is 42.1 Å². The number of aliphatic imine (C=N–C) groups is 1. The summed E-state index contributed by atoms with van der Waals surface area (Å²) in [5, 5.41) is 3.44. The van der Waals surface area contributed by atoms with Crippen LogP contribution in [0.15, 0.2) is 17.3 Å². The second kappa shape index (κ2) is 5.30. The number of nitrogens with zero attached hydrogens (tertiary/aromatic N) is 2. The number of anilines is 1. The van der Waals surface area contributed by atoms with Gasteiger partial charge in [-0.2, -0.15) is 0 Å². The monoisotopic (exact) mass is 231 g/mol. The second-order valence-electron chi connectivity index (χ2n) is 5.04. The number of rotatable bonds is 3. The molecule has 0 aliphatic carbocycles. The van der Waals surface area contributed by atoms with Crippen LogP contribution in [0.1, 0.15) is 38.3 Å². The van der Waals surface area contributed by atoms with Gasteiger partial charge in [0.25, 0.3) is 0 Å². The number of aryl methyl sites for hydroxylation is 1. The molecule has 3 heteroatoms. The highest BCUT2D eigenvalue weighted by Crippen LogP contribution is 2.22. The molecule has 92 valence electrons. The SMILES string of the molecule is CC1=NCCCc2ccnc(NCC(C)C)c21. The van der Waals surface area contributed by atoms with Crippen LogP contribution in [0.5, 0.6) is 0 Å². The topological polar surface area (TPSA) is 37.3 Å². The zero-order valence-corrected chi connectivity index (χ0v) is 11.0.